The van der Waals surface area contributed by atoms with Gasteiger partial charge >= 0.3 is 0 Å². The lowest BCUT2D eigenvalue weighted by Gasteiger charge is -2.05. The van der Waals surface area contributed by atoms with Crippen molar-refractivity contribution in [3.05, 3.63) is 46.2 Å². The Morgan fingerprint density at radius 3 is 3.10 bits per heavy atom. The van der Waals surface area contributed by atoms with Gasteiger partial charge in [-0.05, 0) is 12.1 Å². The van der Waals surface area contributed by atoms with Crippen LogP contribution in [0.15, 0.2) is 29.2 Å². The van der Waals surface area contributed by atoms with Gasteiger partial charge in [0.2, 0.25) is 0 Å². The Labute approximate surface area is 120 Å². The first-order chi connectivity index (χ1) is 9.81. The number of hydrogen-bond donors (Lipinski definition) is 2. The maximum Gasteiger partial charge on any atom is 0.271 e. The molecule has 0 spiro atoms. The summed E-state index contributed by atoms with van der Waals surface area (Å²) >= 11 is 1.53. The quantitative estimate of drug-likeness (QED) is 0.818. The van der Waals surface area contributed by atoms with E-state index in [1.165, 1.54) is 11.3 Å². The van der Waals surface area contributed by atoms with Gasteiger partial charge in [0.05, 0.1) is 16.8 Å². The fourth-order valence-electron chi connectivity index (χ4n) is 1.57. The van der Waals surface area contributed by atoms with Crippen molar-refractivity contribution < 1.29 is 9.90 Å². The van der Waals surface area contributed by atoms with Crippen LogP contribution in [0.1, 0.15) is 21.7 Å². The molecular weight excluding hydrogens is 274 g/mol. The summed E-state index contributed by atoms with van der Waals surface area (Å²) in [7, 11) is 0. The number of carbonyl (C=O) groups is 1. The number of nitrogens with one attached hydrogen (secondary N) is 1. The van der Waals surface area contributed by atoms with Crippen molar-refractivity contribution in [1.29, 1.82) is 0 Å². The second-order valence-electron chi connectivity index (χ2n) is 3.85. The lowest BCUT2D eigenvalue weighted by Crippen LogP contribution is -2.27. The third-order valence-electron chi connectivity index (χ3n) is 2.48. The molecule has 2 N–H and O–H groups in total. The molecule has 0 unspecified atom stereocenters. The highest BCUT2D eigenvalue weighted by molar-refractivity contribution is 7.07. The zero-order valence-electron chi connectivity index (χ0n) is 10.7. The number of amides is 1. The van der Waals surface area contributed by atoms with Gasteiger partial charge in [0.15, 0.2) is 0 Å². The zero-order valence-corrected chi connectivity index (χ0v) is 11.5. The summed E-state index contributed by atoms with van der Waals surface area (Å²) in [6.07, 6.45) is 2.22. The Kier molecular flexibility index (Phi) is 5.24. The summed E-state index contributed by atoms with van der Waals surface area (Å²) in [6, 6.07) is 3.40. The van der Waals surface area contributed by atoms with E-state index in [-0.39, 0.29) is 18.2 Å². The minimum atomic E-state index is -0.275. The average Bonchev–Trinajstić information content (AvgIpc) is 2.98. The molecule has 0 fully saturated rings. The predicted molar refractivity (Wildman–Crippen MR) is 76.4 cm³/mol. The van der Waals surface area contributed by atoms with Gasteiger partial charge in [-0.15, -0.1) is 11.3 Å². The van der Waals surface area contributed by atoms with Crippen molar-refractivity contribution >= 4 is 17.2 Å². The molecule has 5 nitrogen and oxygen atoms in total. The first-order valence-corrected chi connectivity index (χ1v) is 6.95. The maximum atomic E-state index is 12.0. The number of carbonyl (C=O) groups excluding carboxylic acids is 1. The molecule has 0 bridgehead atoms. The summed E-state index contributed by atoms with van der Waals surface area (Å²) in [5.74, 6) is 4.95. The first-order valence-electron chi connectivity index (χ1n) is 6.01. The molecule has 0 saturated carbocycles. The molecule has 102 valence electrons. The number of nitrogens with zero attached hydrogens (tertiary/aromatic N) is 2. The number of thiazole rings is 1. The Morgan fingerprint density at radius 1 is 1.45 bits per heavy atom. The fraction of sp³-hybridized carbons (Fsp3) is 0.214. The third kappa shape index (κ3) is 3.88. The molecule has 20 heavy (non-hydrogen) atoms. The molecule has 6 heteroatoms. The Bertz CT molecular complexity index is 629. The van der Waals surface area contributed by atoms with Gasteiger partial charge in [0.1, 0.15) is 12.3 Å². The van der Waals surface area contributed by atoms with E-state index in [9.17, 15) is 4.79 Å². The van der Waals surface area contributed by atoms with Crippen molar-refractivity contribution in [2.45, 2.75) is 6.42 Å². The minimum absolute atomic E-state index is 0.250. The summed E-state index contributed by atoms with van der Waals surface area (Å²) < 4.78 is 0. The summed E-state index contributed by atoms with van der Waals surface area (Å²) in [5, 5.41) is 13.4. The van der Waals surface area contributed by atoms with Gasteiger partial charge in [-0.1, -0.05) is 11.8 Å². The van der Waals surface area contributed by atoms with E-state index in [4.69, 9.17) is 5.11 Å². The van der Waals surface area contributed by atoms with E-state index >= 15 is 0 Å². The lowest BCUT2D eigenvalue weighted by molar-refractivity contribution is 0.0949. The van der Waals surface area contributed by atoms with Crippen LogP contribution in [0.25, 0.3) is 0 Å². The highest BCUT2D eigenvalue weighted by Gasteiger charge is 2.10. The van der Waals surface area contributed by atoms with Crippen LogP contribution in [0.2, 0.25) is 0 Å². The number of hydrogen-bond acceptors (Lipinski definition) is 5. The Hall–Kier alpha value is -2.23. The maximum absolute atomic E-state index is 12.0. The van der Waals surface area contributed by atoms with Crippen molar-refractivity contribution in [3.63, 3.8) is 0 Å². The van der Waals surface area contributed by atoms with Gasteiger partial charge in [0.25, 0.3) is 5.91 Å². The number of aliphatic hydroxyl groups is 1. The van der Waals surface area contributed by atoms with Gasteiger partial charge in [0, 0.05) is 24.5 Å². The van der Waals surface area contributed by atoms with E-state index < -0.39 is 0 Å². The second kappa shape index (κ2) is 7.38. The average molecular weight is 287 g/mol. The van der Waals surface area contributed by atoms with Crippen LogP contribution in [0, 0.1) is 11.8 Å². The standard InChI is InChI=1S/C14H13N3O2S/c18-8-2-4-11-3-1-6-15-13(11)14(19)16-7-5-12-9-20-10-17-12/h1,3,6,9-10,18H,5,7-8H2,(H,16,19). The molecule has 2 aromatic rings. The van der Waals surface area contributed by atoms with Gasteiger partial charge in [-0.3, -0.25) is 4.79 Å². The SMILES string of the molecule is O=C(NCCc1cscn1)c1ncccc1C#CCO. The van der Waals surface area contributed by atoms with Crippen LogP contribution in [-0.4, -0.2) is 34.1 Å². The van der Waals surface area contributed by atoms with Gasteiger partial charge in [-0.25, -0.2) is 9.97 Å². The largest absolute Gasteiger partial charge is 0.384 e. The molecule has 0 aromatic carbocycles. The van der Waals surface area contributed by atoms with E-state index in [2.05, 4.69) is 27.1 Å². The molecular formula is C14H13N3O2S. The number of pyridine rings is 1. The van der Waals surface area contributed by atoms with Crippen molar-refractivity contribution in [1.82, 2.24) is 15.3 Å². The molecule has 0 aliphatic rings. The highest BCUT2D eigenvalue weighted by Crippen LogP contribution is 2.04. The second-order valence-corrected chi connectivity index (χ2v) is 4.56. The normalized spacial score (nSPS) is 9.65. The van der Waals surface area contributed by atoms with Crippen LogP contribution in [0.4, 0.5) is 0 Å². The minimum Gasteiger partial charge on any atom is -0.384 e. The van der Waals surface area contributed by atoms with Crippen LogP contribution >= 0.6 is 11.3 Å². The van der Waals surface area contributed by atoms with Gasteiger partial charge in [-0.2, -0.15) is 0 Å². The molecule has 1 amide bonds. The van der Waals surface area contributed by atoms with E-state index in [1.807, 2.05) is 5.38 Å². The van der Waals surface area contributed by atoms with E-state index in [1.54, 1.807) is 23.8 Å². The molecule has 2 rings (SSSR count). The first kappa shape index (κ1) is 14.2. The highest BCUT2D eigenvalue weighted by atomic mass is 32.1. The van der Waals surface area contributed by atoms with Crippen LogP contribution in [-0.2, 0) is 6.42 Å². The zero-order chi connectivity index (χ0) is 14.2. The fourth-order valence-corrected chi connectivity index (χ4v) is 2.16. The van der Waals surface area contributed by atoms with E-state index in [0.29, 0.717) is 18.5 Å². The summed E-state index contributed by atoms with van der Waals surface area (Å²) in [6.45, 7) is 0.242. The topological polar surface area (TPSA) is 75.1 Å². The number of rotatable bonds is 4. The lowest BCUT2D eigenvalue weighted by atomic mass is 10.2. The van der Waals surface area contributed by atoms with Crippen LogP contribution in [0.5, 0.6) is 0 Å². The van der Waals surface area contributed by atoms with E-state index in [0.717, 1.165) is 5.69 Å². The molecule has 0 radical (unpaired) electrons. The predicted octanol–water partition coefficient (Wildman–Crippen LogP) is 0.854. The van der Waals surface area contributed by atoms with Crippen molar-refractivity contribution in [2.75, 3.05) is 13.2 Å². The Morgan fingerprint density at radius 2 is 2.35 bits per heavy atom. The molecule has 0 atom stereocenters. The van der Waals surface area contributed by atoms with Gasteiger partial charge < -0.3 is 10.4 Å². The molecule has 0 aliphatic heterocycles. The summed E-state index contributed by atoms with van der Waals surface area (Å²) in [5.41, 5.74) is 3.49. The molecule has 2 heterocycles. The summed E-state index contributed by atoms with van der Waals surface area (Å²) in [4.78, 5) is 20.2. The monoisotopic (exact) mass is 287 g/mol. The number of aromatic nitrogens is 2. The van der Waals surface area contributed by atoms with Crippen molar-refractivity contribution in [3.8, 4) is 11.8 Å². The third-order valence-corrected chi connectivity index (χ3v) is 3.11. The Balaban J connectivity index is 1.98. The van der Waals surface area contributed by atoms with Crippen LogP contribution < -0.4 is 5.32 Å². The molecule has 2 aromatic heterocycles. The number of aliphatic hydroxyl groups excluding tert-OH is 1. The smallest absolute Gasteiger partial charge is 0.271 e. The molecule has 0 aliphatic carbocycles. The van der Waals surface area contributed by atoms with Crippen molar-refractivity contribution in [2.24, 2.45) is 0 Å². The van der Waals surface area contributed by atoms with Crippen LogP contribution in [0.3, 0.4) is 0 Å². The molecule has 0 saturated heterocycles.